The number of anilines is 1. The zero-order valence-electron chi connectivity index (χ0n) is 12.1. The number of hydrogen-bond acceptors (Lipinski definition) is 3. The second-order valence-corrected chi connectivity index (χ2v) is 5.15. The van der Waals surface area contributed by atoms with Gasteiger partial charge in [-0.15, -0.1) is 0 Å². The summed E-state index contributed by atoms with van der Waals surface area (Å²) >= 11 is 6.22. The van der Waals surface area contributed by atoms with Gasteiger partial charge in [0.15, 0.2) is 0 Å². The highest BCUT2D eigenvalue weighted by atomic mass is 35.5. The topological polar surface area (TPSA) is 39.1 Å². The smallest absolute Gasteiger partial charge is 0.138 e. The van der Waals surface area contributed by atoms with Gasteiger partial charge in [0.25, 0.3) is 0 Å². The highest BCUT2D eigenvalue weighted by Gasteiger charge is 2.10. The van der Waals surface area contributed by atoms with Crippen LogP contribution in [0.3, 0.4) is 0 Å². The van der Waals surface area contributed by atoms with Gasteiger partial charge in [0.2, 0.25) is 0 Å². The van der Waals surface area contributed by atoms with E-state index < -0.39 is 0 Å². The van der Waals surface area contributed by atoms with Crippen molar-refractivity contribution in [3.05, 3.63) is 41.2 Å². The van der Waals surface area contributed by atoms with E-state index in [9.17, 15) is 0 Å². The number of halogens is 1. The van der Waals surface area contributed by atoms with E-state index in [0.717, 1.165) is 23.6 Å². The molecule has 2 aromatic rings. The van der Waals surface area contributed by atoms with Crippen LogP contribution in [0.2, 0.25) is 5.02 Å². The van der Waals surface area contributed by atoms with Crippen LogP contribution in [0.4, 0.5) is 5.69 Å². The SMILES string of the molecule is CCCOc1ccc(NC(C)c2ccnn2C)cc1Cl. The molecule has 20 heavy (non-hydrogen) atoms. The second kappa shape index (κ2) is 6.66. The maximum Gasteiger partial charge on any atom is 0.138 e. The van der Waals surface area contributed by atoms with E-state index in [2.05, 4.69) is 24.3 Å². The highest BCUT2D eigenvalue weighted by Crippen LogP contribution is 2.29. The van der Waals surface area contributed by atoms with Crippen LogP contribution in [0.15, 0.2) is 30.5 Å². The predicted octanol–water partition coefficient (Wildman–Crippen LogP) is 4.04. The summed E-state index contributed by atoms with van der Waals surface area (Å²) < 4.78 is 7.42. The molecular formula is C15H20ClN3O. The molecule has 0 aliphatic heterocycles. The molecule has 1 heterocycles. The summed E-state index contributed by atoms with van der Waals surface area (Å²) in [6.45, 7) is 4.84. The lowest BCUT2D eigenvalue weighted by Gasteiger charge is -2.16. The molecule has 1 atom stereocenters. The van der Waals surface area contributed by atoms with E-state index in [4.69, 9.17) is 16.3 Å². The first kappa shape index (κ1) is 14.7. The molecule has 2 rings (SSSR count). The Balaban J connectivity index is 2.07. The van der Waals surface area contributed by atoms with Crippen LogP contribution in [0, 0.1) is 0 Å². The van der Waals surface area contributed by atoms with Crippen LogP contribution in [0.25, 0.3) is 0 Å². The van der Waals surface area contributed by atoms with Crippen molar-refractivity contribution >= 4 is 17.3 Å². The van der Waals surface area contributed by atoms with Gasteiger partial charge in [0, 0.05) is 18.9 Å². The Bertz CT molecular complexity index is 568. The van der Waals surface area contributed by atoms with E-state index >= 15 is 0 Å². The van der Waals surface area contributed by atoms with Gasteiger partial charge in [-0.05, 0) is 37.6 Å². The number of ether oxygens (including phenoxy) is 1. The molecule has 1 N–H and O–H groups in total. The van der Waals surface area contributed by atoms with E-state index in [-0.39, 0.29) is 6.04 Å². The number of aryl methyl sites for hydroxylation is 1. The van der Waals surface area contributed by atoms with Crippen molar-refractivity contribution in [3.63, 3.8) is 0 Å². The summed E-state index contributed by atoms with van der Waals surface area (Å²) in [4.78, 5) is 0. The zero-order chi connectivity index (χ0) is 14.5. The van der Waals surface area contributed by atoms with Crippen LogP contribution in [-0.2, 0) is 7.05 Å². The lowest BCUT2D eigenvalue weighted by Crippen LogP contribution is -2.11. The average molecular weight is 294 g/mol. The Hall–Kier alpha value is -1.68. The summed E-state index contributed by atoms with van der Waals surface area (Å²) in [5.74, 6) is 0.729. The fourth-order valence-electron chi connectivity index (χ4n) is 2.05. The monoisotopic (exact) mass is 293 g/mol. The van der Waals surface area contributed by atoms with E-state index in [0.29, 0.717) is 11.6 Å². The van der Waals surface area contributed by atoms with Crippen LogP contribution in [-0.4, -0.2) is 16.4 Å². The number of benzene rings is 1. The number of nitrogens with zero attached hydrogens (tertiary/aromatic N) is 2. The molecule has 4 nitrogen and oxygen atoms in total. The Morgan fingerprint density at radius 2 is 2.20 bits per heavy atom. The fourth-order valence-corrected chi connectivity index (χ4v) is 2.29. The Morgan fingerprint density at radius 1 is 1.40 bits per heavy atom. The summed E-state index contributed by atoms with van der Waals surface area (Å²) in [5.41, 5.74) is 2.08. The summed E-state index contributed by atoms with van der Waals surface area (Å²) in [6, 6.07) is 7.92. The maximum atomic E-state index is 6.22. The Morgan fingerprint density at radius 3 is 2.80 bits per heavy atom. The molecular weight excluding hydrogens is 274 g/mol. The van der Waals surface area contributed by atoms with Crippen LogP contribution in [0.5, 0.6) is 5.75 Å². The molecule has 1 aromatic carbocycles. The fraction of sp³-hybridized carbons (Fsp3) is 0.400. The van der Waals surface area contributed by atoms with E-state index in [1.54, 1.807) is 6.20 Å². The average Bonchev–Trinajstić information content (AvgIpc) is 2.84. The van der Waals surface area contributed by atoms with Crippen molar-refractivity contribution in [1.29, 1.82) is 0 Å². The quantitative estimate of drug-likeness (QED) is 0.874. The molecule has 0 saturated heterocycles. The molecule has 1 unspecified atom stereocenters. The van der Waals surface area contributed by atoms with Crippen molar-refractivity contribution in [3.8, 4) is 5.75 Å². The molecule has 0 fully saturated rings. The number of rotatable bonds is 6. The lowest BCUT2D eigenvalue weighted by atomic mass is 10.2. The molecule has 0 spiro atoms. The lowest BCUT2D eigenvalue weighted by molar-refractivity contribution is 0.317. The van der Waals surface area contributed by atoms with Gasteiger partial charge in [0.05, 0.1) is 23.4 Å². The molecule has 0 bridgehead atoms. The highest BCUT2D eigenvalue weighted by molar-refractivity contribution is 6.32. The first-order valence-corrected chi connectivity index (χ1v) is 7.16. The van der Waals surface area contributed by atoms with Crippen LogP contribution >= 0.6 is 11.6 Å². The summed E-state index contributed by atoms with van der Waals surface area (Å²) in [5, 5.41) is 8.21. The van der Waals surface area contributed by atoms with Gasteiger partial charge in [-0.2, -0.15) is 5.10 Å². The zero-order valence-corrected chi connectivity index (χ0v) is 12.8. The molecule has 0 amide bonds. The number of nitrogens with one attached hydrogen (secondary N) is 1. The van der Waals surface area contributed by atoms with Crippen molar-refractivity contribution in [2.75, 3.05) is 11.9 Å². The van der Waals surface area contributed by atoms with Crippen LogP contribution in [0.1, 0.15) is 32.0 Å². The molecule has 0 saturated carbocycles. The summed E-state index contributed by atoms with van der Waals surface area (Å²) in [7, 11) is 1.93. The molecule has 1 aromatic heterocycles. The van der Waals surface area contributed by atoms with Gasteiger partial charge in [-0.3, -0.25) is 4.68 Å². The van der Waals surface area contributed by atoms with Gasteiger partial charge in [-0.25, -0.2) is 0 Å². The van der Waals surface area contributed by atoms with Crippen LogP contribution < -0.4 is 10.1 Å². The first-order valence-electron chi connectivity index (χ1n) is 6.78. The second-order valence-electron chi connectivity index (χ2n) is 4.74. The Kier molecular flexibility index (Phi) is 4.90. The third-order valence-electron chi connectivity index (χ3n) is 3.08. The third kappa shape index (κ3) is 3.45. The van der Waals surface area contributed by atoms with Crippen molar-refractivity contribution < 1.29 is 4.74 Å². The van der Waals surface area contributed by atoms with Gasteiger partial charge in [0.1, 0.15) is 5.75 Å². The minimum Gasteiger partial charge on any atom is -0.492 e. The Labute approximate surface area is 124 Å². The standard InChI is InChI=1S/C15H20ClN3O/c1-4-9-20-15-6-5-12(10-13(15)16)18-11(2)14-7-8-17-19(14)3/h5-8,10-11,18H,4,9H2,1-3H3. The summed E-state index contributed by atoms with van der Waals surface area (Å²) in [6.07, 6.45) is 2.76. The molecule has 0 radical (unpaired) electrons. The molecule has 108 valence electrons. The molecule has 0 aliphatic rings. The van der Waals surface area contributed by atoms with Gasteiger partial charge in [-0.1, -0.05) is 18.5 Å². The normalized spacial score (nSPS) is 12.2. The van der Waals surface area contributed by atoms with Crippen molar-refractivity contribution in [2.45, 2.75) is 26.3 Å². The van der Waals surface area contributed by atoms with Crippen molar-refractivity contribution in [2.24, 2.45) is 7.05 Å². The maximum absolute atomic E-state index is 6.22. The predicted molar refractivity (Wildman–Crippen MR) is 82.5 cm³/mol. The van der Waals surface area contributed by atoms with Gasteiger partial charge < -0.3 is 10.1 Å². The molecule has 0 aliphatic carbocycles. The minimum atomic E-state index is 0.154. The third-order valence-corrected chi connectivity index (χ3v) is 3.37. The van der Waals surface area contributed by atoms with E-state index in [1.807, 2.05) is 36.0 Å². The molecule has 5 heteroatoms. The minimum absolute atomic E-state index is 0.154. The van der Waals surface area contributed by atoms with Gasteiger partial charge >= 0.3 is 0 Å². The number of aromatic nitrogens is 2. The first-order chi connectivity index (χ1) is 9.61. The van der Waals surface area contributed by atoms with Crippen molar-refractivity contribution in [1.82, 2.24) is 9.78 Å². The largest absolute Gasteiger partial charge is 0.492 e. The van der Waals surface area contributed by atoms with E-state index in [1.165, 1.54) is 0 Å². The number of hydrogen-bond donors (Lipinski definition) is 1.